The second kappa shape index (κ2) is 5.84. The lowest BCUT2D eigenvalue weighted by molar-refractivity contribution is -0.387. The zero-order valence-electron chi connectivity index (χ0n) is 10.7. The molecule has 20 heavy (non-hydrogen) atoms. The first-order valence-electron chi connectivity index (χ1n) is 6.24. The van der Waals surface area contributed by atoms with Crippen molar-refractivity contribution in [3.05, 3.63) is 39.7 Å². The SMILES string of the molecule is O=[N+]([O-])c1cccc(CNC2CCS(=O)(=O)CC2)c1F. The first kappa shape index (κ1) is 14.9. The number of nitro groups is 1. The van der Waals surface area contributed by atoms with Crippen LogP contribution < -0.4 is 5.32 Å². The van der Waals surface area contributed by atoms with Crippen LogP contribution in [0.5, 0.6) is 0 Å². The van der Waals surface area contributed by atoms with E-state index in [-0.39, 0.29) is 29.7 Å². The molecule has 0 spiro atoms. The summed E-state index contributed by atoms with van der Waals surface area (Å²) in [7, 11) is -2.93. The van der Waals surface area contributed by atoms with Crippen molar-refractivity contribution in [2.75, 3.05) is 11.5 Å². The summed E-state index contributed by atoms with van der Waals surface area (Å²) < 4.78 is 36.4. The van der Waals surface area contributed by atoms with Crippen LogP contribution in [-0.2, 0) is 16.4 Å². The molecule has 1 aliphatic heterocycles. The van der Waals surface area contributed by atoms with Crippen molar-refractivity contribution < 1.29 is 17.7 Å². The van der Waals surface area contributed by atoms with E-state index in [0.29, 0.717) is 12.8 Å². The Labute approximate surface area is 116 Å². The van der Waals surface area contributed by atoms with Gasteiger partial charge >= 0.3 is 5.69 Å². The van der Waals surface area contributed by atoms with Crippen molar-refractivity contribution in [3.8, 4) is 0 Å². The number of benzene rings is 1. The number of hydrogen-bond acceptors (Lipinski definition) is 5. The van der Waals surface area contributed by atoms with E-state index < -0.39 is 26.3 Å². The van der Waals surface area contributed by atoms with Crippen molar-refractivity contribution in [2.45, 2.75) is 25.4 Å². The molecule has 1 aliphatic rings. The monoisotopic (exact) mass is 302 g/mol. The van der Waals surface area contributed by atoms with Crippen LogP contribution in [0.4, 0.5) is 10.1 Å². The first-order chi connectivity index (χ1) is 9.39. The highest BCUT2D eigenvalue weighted by Gasteiger charge is 2.24. The molecule has 1 heterocycles. The summed E-state index contributed by atoms with van der Waals surface area (Å²) in [5.74, 6) is -0.585. The molecule has 1 aromatic carbocycles. The van der Waals surface area contributed by atoms with Gasteiger partial charge in [-0.25, -0.2) is 8.42 Å². The molecule has 0 amide bonds. The van der Waals surface area contributed by atoms with E-state index in [1.807, 2.05) is 0 Å². The summed E-state index contributed by atoms with van der Waals surface area (Å²) in [6.45, 7) is 0.151. The van der Waals surface area contributed by atoms with Crippen LogP contribution in [-0.4, -0.2) is 30.9 Å². The van der Waals surface area contributed by atoms with E-state index in [0.717, 1.165) is 6.07 Å². The molecular weight excluding hydrogens is 287 g/mol. The van der Waals surface area contributed by atoms with Crippen LogP contribution in [0.25, 0.3) is 0 Å². The fourth-order valence-electron chi connectivity index (χ4n) is 2.19. The Morgan fingerprint density at radius 1 is 1.35 bits per heavy atom. The van der Waals surface area contributed by atoms with E-state index in [4.69, 9.17) is 0 Å². The van der Waals surface area contributed by atoms with Gasteiger partial charge in [0.05, 0.1) is 16.4 Å². The highest BCUT2D eigenvalue weighted by Crippen LogP contribution is 2.20. The largest absolute Gasteiger partial charge is 0.310 e. The van der Waals surface area contributed by atoms with Crippen molar-refractivity contribution in [1.82, 2.24) is 5.32 Å². The van der Waals surface area contributed by atoms with Crippen LogP contribution in [0, 0.1) is 15.9 Å². The summed E-state index contributed by atoms with van der Waals surface area (Å²) in [6, 6.07) is 4.03. The molecular formula is C12H15FN2O4S. The molecule has 0 aromatic heterocycles. The zero-order valence-corrected chi connectivity index (χ0v) is 11.5. The molecule has 0 bridgehead atoms. The summed E-state index contributed by atoms with van der Waals surface area (Å²) in [5.41, 5.74) is -0.330. The van der Waals surface area contributed by atoms with Gasteiger partial charge in [0.2, 0.25) is 5.82 Å². The van der Waals surface area contributed by atoms with Gasteiger partial charge in [-0.3, -0.25) is 10.1 Å². The third-order valence-electron chi connectivity index (χ3n) is 3.39. The number of sulfone groups is 1. The molecule has 0 atom stereocenters. The van der Waals surface area contributed by atoms with Gasteiger partial charge in [-0.05, 0) is 12.8 Å². The molecule has 0 unspecified atom stereocenters. The number of nitrogens with zero attached hydrogens (tertiary/aromatic N) is 1. The maximum absolute atomic E-state index is 13.8. The molecule has 6 nitrogen and oxygen atoms in total. The highest BCUT2D eigenvalue weighted by atomic mass is 32.2. The first-order valence-corrected chi connectivity index (χ1v) is 8.07. The third-order valence-corrected chi connectivity index (χ3v) is 5.11. The minimum Gasteiger partial charge on any atom is -0.310 e. The van der Waals surface area contributed by atoms with Crippen LogP contribution in [0.15, 0.2) is 18.2 Å². The molecule has 0 aliphatic carbocycles. The molecule has 8 heteroatoms. The minimum absolute atomic E-state index is 0.00260. The summed E-state index contributed by atoms with van der Waals surface area (Å²) in [4.78, 5) is 9.87. The van der Waals surface area contributed by atoms with Crippen LogP contribution in [0.1, 0.15) is 18.4 Å². The average molecular weight is 302 g/mol. The van der Waals surface area contributed by atoms with E-state index in [9.17, 15) is 22.9 Å². The second-order valence-electron chi connectivity index (χ2n) is 4.81. The lowest BCUT2D eigenvalue weighted by atomic mass is 10.1. The Balaban J connectivity index is 1.98. The minimum atomic E-state index is -2.93. The van der Waals surface area contributed by atoms with Gasteiger partial charge in [-0.15, -0.1) is 0 Å². The predicted octanol–water partition coefficient (Wildman–Crippen LogP) is 1.40. The number of halogens is 1. The van der Waals surface area contributed by atoms with E-state index in [1.165, 1.54) is 12.1 Å². The fraction of sp³-hybridized carbons (Fsp3) is 0.500. The summed E-state index contributed by atoms with van der Waals surface area (Å²) >= 11 is 0. The Bertz CT molecular complexity index is 604. The van der Waals surface area contributed by atoms with Gasteiger partial charge in [0.25, 0.3) is 0 Å². The lowest BCUT2D eigenvalue weighted by Gasteiger charge is -2.23. The smallest absolute Gasteiger partial charge is 0.305 e. The summed E-state index contributed by atoms with van der Waals surface area (Å²) in [6.07, 6.45) is 0.970. The predicted molar refractivity (Wildman–Crippen MR) is 71.6 cm³/mol. The van der Waals surface area contributed by atoms with Gasteiger partial charge < -0.3 is 5.32 Å². The molecule has 0 saturated carbocycles. The molecule has 110 valence electrons. The Kier molecular flexibility index (Phi) is 4.34. The maximum atomic E-state index is 13.8. The number of nitro benzene ring substituents is 1. The maximum Gasteiger partial charge on any atom is 0.305 e. The normalized spacial score (nSPS) is 18.9. The molecule has 1 aromatic rings. The number of nitrogens with one attached hydrogen (secondary N) is 1. The standard InChI is InChI=1S/C12H15FN2O4S/c13-12-9(2-1-3-11(12)15(16)17)8-14-10-4-6-20(18,19)7-5-10/h1-3,10,14H,4-8H2. The van der Waals surface area contributed by atoms with Gasteiger partial charge in [-0.1, -0.05) is 12.1 Å². The Morgan fingerprint density at radius 2 is 2.00 bits per heavy atom. The van der Waals surface area contributed by atoms with Gasteiger partial charge in [-0.2, -0.15) is 4.39 Å². The zero-order chi connectivity index (χ0) is 14.8. The fourth-order valence-corrected chi connectivity index (χ4v) is 3.68. The molecule has 1 fully saturated rings. The van der Waals surface area contributed by atoms with Gasteiger partial charge in [0.15, 0.2) is 0 Å². The molecule has 2 rings (SSSR count). The van der Waals surface area contributed by atoms with Gasteiger partial charge in [0, 0.05) is 24.2 Å². The number of rotatable bonds is 4. The lowest BCUT2D eigenvalue weighted by Crippen LogP contribution is -2.37. The van der Waals surface area contributed by atoms with Crippen molar-refractivity contribution in [1.29, 1.82) is 0 Å². The third kappa shape index (κ3) is 3.51. The highest BCUT2D eigenvalue weighted by molar-refractivity contribution is 7.91. The van der Waals surface area contributed by atoms with Crippen LogP contribution in [0.2, 0.25) is 0 Å². The van der Waals surface area contributed by atoms with E-state index in [2.05, 4.69) is 5.32 Å². The van der Waals surface area contributed by atoms with Gasteiger partial charge in [0.1, 0.15) is 9.84 Å². The average Bonchev–Trinajstić information content (AvgIpc) is 2.38. The Hall–Kier alpha value is -1.54. The van der Waals surface area contributed by atoms with Crippen molar-refractivity contribution >= 4 is 15.5 Å². The molecule has 1 N–H and O–H groups in total. The Morgan fingerprint density at radius 3 is 2.60 bits per heavy atom. The topological polar surface area (TPSA) is 89.3 Å². The van der Waals surface area contributed by atoms with E-state index in [1.54, 1.807) is 0 Å². The summed E-state index contributed by atoms with van der Waals surface area (Å²) in [5, 5.41) is 13.7. The quantitative estimate of drug-likeness (QED) is 0.671. The van der Waals surface area contributed by atoms with Crippen LogP contribution in [0.3, 0.4) is 0 Å². The molecule has 0 radical (unpaired) electrons. The molecule has 1 saturated heterocycles. The second-order valence-corrected chi connectivity index (χ2v) is 7.12. The number of hydrogen-bond donors (Lipinski definition) is 1. The van der Waals surface area contributed by atoms with Crippen LogP contribution >= 0.6 is 0 Å². The van der Waals surface area contributed by atoms with Crippen molar-refractivity contribution in [2.24, 2.45) is 0 Å². The van der Waals surface area contributed by atoms with E-state index >= 15 is 0 Å². The van der Waals surface area contributed by atoms with Crippen molar-refractivity contribution in [3.63, 3.8) is 0 Å².